The molecule has 0 bridgehead atoms. The average molecular weight is 194 g/mol. The van der Waals surface area contributed by atoms with Gasteiger partial charge in [-0.2, -0.15) is 0 Å². The van der Waals surface area contributed by atoms with E-state index < -0.39 is 0 Å². The highest BCUT2D eigenvalue weighted by atomic mass is 32.1. The smallest absolute Gasteiger partial charge is 0.0908 e. The van der Waals surface area contributed by atoms with E-state index in [1.807, 2.05) is 40.0 Å². The Hall–Kier alpha value is -0.960. The van der Waals surface area contributed by atoms with Gasteiger partial charge in [0, 0.05) is 11.9 Å². The quantitative estimate of drug-likeness (QED) is 0.643. The molecular weight excluding hydrogens is 180 g/mol. The third-order valence-corrected chi connectivity index (χ3v) is 2.44. The van der Waals surface area contributed by atoms with Crippen LogP contribution in [0.4, 0.5) is 0 Å². The highest BCUT2D eigenvalue weighted by molar-refractivity contribution is 7.18. The first-order valence-corrected chi connectivity index (χ1v) is 5.27. The minimum Gasteiger partial charge on any atom is -0.260 e. The van der Waals surface area contributed by atoms with Gasteiger partial charge in [-0.05, 0) is 19.9 Å². The number of hydrogen-bond donors (Lipinski definition) is 0. The van der Waals surface area contributed by atoms with E-state index in [-0.39, 0.29) is 0 Å². The maximum Gasteiger partial charge on any atom is 0.0908 e. The Kier molecular flexibility index (Phi) is 3.37. The Balaban J connectivity index is 0.000000396. The Morgan fingerprint density at radius 3 is 2.62 bits per heavy atom. The zero-order chi connectivity index (χ0) is 9.84. The van der Waals surface area contributed by atoms with Crippen molar-refractivity contribution in [3.05, 3.63) is 23.0 Å². The lowest BCUT2D eigenvalue weighted by Crippen LogP contribution is -1.77. The molecule has 3 heteroatoms. The van der Waals surface area contributed by atoms with Gasteiger partial charge in [-0.15, -0.1) is 11.3 Å². The second-order valence-corrected chi connectivity index (χ2v) is 3.76. The maximum absolute atomic E-state index is 4.35. The second kappa shape index (κ2) is 4.33. The molecule has 2 aromatic heterocycles. The molecule has 2 heterocycles. The molecule has 2 rings (SSSR count). The van der Waals surface area contributed by atoms with Gasteiger partial charge in [0.2, 0.25) is 0 Å². The zero-order valence-electron chi connectivity index (χ0n) is 8.46. The van der Waals surface area contributed by atoms with Gasteiger partial charge in [-0.1, -0.05) is 13.8 Å². The summed E-state index contributed by atoms with van der Waals surface area (Å²) in [5.74, 6) is 0. The lowest BCUT2D eigenvalue weighted by atomic mass is 10.3. The van der Waals surface area contributed by atoms with Crippen LogP contribution in [0.1, 0.15) is 24.5 Å². The molecule has 0 amide bonds. The predicted octanol–water partition coefficient (Wildman–Crippen LogP) is 3.33. The number of nitrogens with zero attached hydrogens (tertiary/aromatic N) is 2. The van der Waals surface area contributed by atoms with Crippen LogP contribution in [0.15, 0.2) is 12.3 Å². The van der Waals surface area contributed by atoms with Gasteiger partial charge in [0.25, 0.3) is 0 Å². The second-order valence-electron chi connectivity index (χ2n) is 2.53. The molecule has 0 unspecified atom stereocenters. The molecule has 0 saturated heterocycles. The van der Waals surface area contributed by atoms with E-state index in [1.165, 1.54) is 4.70 Å². The van der Waals surface area contributed by atoms with Gasteiger partial charge in [-0.3, -0.25) is 4.98 Å². The fourth-order valence-corrected chi connectivity index (χ4v) is 1.83. The number of aromatic nitrogens is 2. The van der Waals surface area contributed by atoms with E-state index in [9.17, 15) is 0 Å². The number of aryl methyl sites for hydroxylation is 2. The van der Waals surface area contributed by atoms with Gasteiger partial charge in [0.05, 0.1) is 15.2 Å². The van der Waals surface area contributed by atoms with E-state index in [0.717, 1.165) is 16.2 Å². The minimum atomic E-state index is 1.03. The summed E-state index contributed by atoms with van der Waals surface area (Å²) in [6.07, 6.45) is 1.88. The fourth-order valence-electron chi connectivity index (χ4n) is 1.05. The molecule has 0 aliphatic carbocycles. The molecule has 2 aromatic rings. The highest BCUT2D eigenvalue weighted by Gasteiger charge is 1.99. The standard InChI is InChI=1S/C8H8N2S.C2H6/c1-5-3-7-8(4-9-5)11-6(2)10-7;1-2/h3-4H,1-2H3;1-2H3. The first-order valence-electron chi connectivity index (χ1n) is 4.45. The van der Waals surface area contributed by atoms with E-state index in [4.69, 9.17) is 0 Å². The molecule has 0 aromatic carbocycles. The van der Waals surface area contributed by atoms with Gasteiger partial charge in [-0.25, -0.2) is 4.98 Å². The zero-order valence-corrected chi connectivity index (χ0v) is 9.27. The van der Waals surface area contributed by atoms with Crippen LogP contribution in [0.2, 0.25) is 0 Å². The summed E-state index contributed by atoms with van der Waals surface area (Å²) >= 11 is 1.69. The molecule has 0 atom stereocenters. The van der Waals surface area contributed by atoms with Gasteiger partial charge >= 0.3 is 0 Å². The summed E-state index contributed by atoms with van der Waals surface area (Å²) in [7, 11) is 0. The number of rotatable bonds is 0. The Morgan fingerprint density at radius 1 is 1.23 bits per heavy atom. The summed E-state index contributed by atoms with van der Waals surface area (Å²) < 4.78 is 1.17. The topological polar surface area (TPSA) is 25.8 Å². The molecule has 0 aliphatic rings. The summed E-state index contributed by atoms with van der Waals surface area (Å²) in [6, 6.07) is 2.01. The van der Waals surface area contributed by atoms with Crippen LogP contribution in [0.25, 0.3) is 10.2 Å². The summed E-state index contributed by atoms with van der Waals surface area (Å²) in [6.45, 7) is 7.99. The van der Waals surface area contributed by atoms with Crippen molar-refractivity contribution >= 4 is 21.6 Å². The largest absolute Gasteiger partial charge is 0.260 e. The van der Waals surface area contributed by atoms with Crippen LogP contribution in [0.3, 0.4) is 0 Å². The first-order chi connectivity index (χ1) is 6.25. The Labute approximate surface area is 82.7 Å². The molecule has 0 radical (unpaired) electrons. The molecular formula is C10H14N2S. The van der Waals surface area contributed by atoms with Crippen LogP contribution in [-0.4, -0.2) is 9.97 Å². The minimum absolute atomic E-state index is 1.03. The number of thiazole rings is 1. The van der Waals surface area contributed by atoms with Crippen LogP contribution >= 0.6 is 11.3 Å². The van der Waals surface area contributed by atoms with Crippen molar-refractivity contribution < 1.29 is 0 Å². The number of fused-ring (bicyclic) bond motifs is 1. The predicted molar refractivity (Wildman–Crippen MR) is 58.2 cm³/mol. The molecule has 0 spiro atoms. The van der Waals surface area contributed by atoms with Crippen molar-refractivity contribution in [3.8, 4) is 0 Å². The van der Waals surface area contributed by atoms with Crippen molar-refractivity contribution in [3.63, 3.8) is 0 Å². The molecule has 2 nitrogen and oxygen atoms in total. The monoisotopic (exact) mass is 194 g/mol. The SMILES string of the molecule is CC.Cc1cc2nc(C)sc2cn1. The molecule has 13 heavy (non-hydrogen) atoms. The molecule has 0 N–H and O–H groups in total. The maximum atomic E-state index is 4.35. The van der Waals surface area contributed by atoms with Crippen LogP contribution in [-0.2, 0) is 0 Å². The van der Waals surface area contributed by atoms with Crippen LogP contribution in [0.5, 0.6) is 0 Å². The van der Waals surface area contributed by atoms with Gasteiger partial charge < -0.3 is 0 Å². The van der Waals surface area contributed by atoms with Crippen LogP contribution < -0.4 is 0 Å². The molecule has 70 valence electrons. The van der Waals surface area contributed by atoms with Crippen molar-refractivity contribution in [1.29, 1.82) is 0 Å². The Morgan fingerprint density at radius 2 is 1.92 bits per heavy atom. The van der Waals surface area contributed by atoms with E-state index in [2.05, 4.69) is 9.97 Å². The van der Waals surface area contributed by atoms with E-state index >= 15 is 0 Å². The average Bonchev–Trinajstić information content (AvgIpc) is 2.48. The summed E-state index contributed by atoms with van der Waals surface area (Å²) in [5, 5.41) is 1.10. The normalized spacial score (nSPS) is 9.54. The molecule has 0 saturated carbocycles. The van der Waals surface area contributed by atoms with Crippen molar-refractivity contribution in [2.75, 3.05) is 0 Å². The lowest BCUT2D eigenvalue weighted by molar-refractivity contribution is 1.22. The summed E-state index contributed by atoms with van der Waals surface area (Å²) in [4.78, 5) is 8.54. The highest BCUT2D eigenvalue weighted by Crippen LogP contribution is 2.20. The first kappa shape index (κ1) is 10.1. The Bertz CT molecular complexity index is 393. The molecule has 0 aliphatic heterocycles. The van der Waals surface area contributed by atoms with E-state index in [0.29, 0.717) is 0 Å². The number of pyridine rings is 1. The van der Waals surface area contributed by atoms with Crippen molar-refractivity contribution in [1.82, 2.24) is 9.97 Å². The molecule has 0 fully saturated rings. The summed E-state index contributed by atoms with van der Waals surface area (Å²) in [5.41, 5.74) is 2.10. The lowest BCUT2D eigenvalue weighted by Gasteiger charge is -1.87. The van der Waals surface area contributed by atoms with Crippen LogP contribution in [0, 0.1) is 13.8 Å². The van der Waals surface area contributed by atoms with E-state index in [1.54, 1.807) is 11.3 Å². The fraction of sp³-hybridized carbons (Fsp3) is 0.400. The van der Waals surface area contributed by atoms with Crippen molar-refractivity contribution in [2.24, 2.45) is 0 Å². The third kappa shape index (κ3) is 2.25. The van der Waals surface area contributed by atoms with Gasteiger partial charge in [0.1, 0.15) is 0 Å². The van der Waals surface area contributed by atoms with Crippen molar-refractivity contribution in [2.45, 2.75) is 27.7 Å². The van der Waals surface area contributed by atoms with Gasteiger partial charge in [0.15, 0.2) is 0 Å². The third-order valence-electron chi connectivity index (χ3n) is 1.52. The number of hydrogen-bond acceptors (Lipinski definition) is 3.